The molecule has 0 saturated heterocycles. The summed E-state index contributed by atoms with van der Waals surface area (Å²) in [5.41, 5.74) is 2.42. The predicted molar refractivity (Wildman–Crippen MR) is 124 cm³/mol. The topological polar surface area (TPSA) is 60.4 Å². The molecule has 5 rings (SSSR count). The first-order valence-electron chi connectivity index (χ1n) is 12.3. The number of benzene rings is 1. The third-order valence-electron chi connectivity index (χ3n) is 9.78. The van der Waals surface area contributed by atoms with E-state index in [9.17, 15) is 13.2 Å². The van der Waals surface area contributed by atoms with Crippen molar-refractivity contribution in [2.24, 2.45) is 34.5 Å². The van der Waals surface area contributed by atoms with Gasteiger partial charge >= 0.3 is 0 Å². The molecule has 0 radical (unpaired) electrons. The minimum atomic E-state index is -3.78. The first kappa shape index (κ1) is 22.3. The molecule has 0 heterocycles. The third-order valence-corrected chi connectivity index (χ3v) is 11.1. The molecule has 3 saturated carbocycles. The SMILES string of the molecule is Cc1ccc(S(=O)(=O)O[C@H]2CCC3C4C(CC[C@@]32C)[C@@]2(C)CCC(=O)C=C2C[C@H]4C)cc1. The maximum absolute atomic E-state index is 13.1. The highest BCUT2D eigenvalue weighted by atomic mass is 32.2. The molecule has 7 atom stereocenters. The van der Waals surface area contributed by atoms with Crippen LogP contribution in [0.5, 0.6) is 0 Å². The average Bonchev–Trinajstić information content (AvgIpc) is 3.05. The summed E-state index contributed by atoms with van der Waals surface area (Å²) in [6, 6.07) is 6.95. The molecule has 0 spiro atoms. The zero-order valence-electron chi connectivity index (χ0n) is 19.8. The number of carbonyl (C=O) groups excluding carboxylic acids is 1. The zero-order chi connectivity index (χ0) is 22.9. The summed E-state index contributed by atoms with van der Waals surface area (Å²) >= 11 is 0. The first-order valence-corrected chi connectivity index (χ1v) is 13.7. The molecule has 4 aliphatic rings. The van der Waals surface area contributed by atoms with Crippen molar-refractivity contribution in [3.8, 4) is 0 Å². The van der Waals surface area contributed by atoms with E-state index in [2.05, 4.69) is 20.8 Å². The van der Waals surface area contributed by atoms with E-state index in [1.54, 1.807) is 12.1 Å². The van der Waals surface area contributed by atoms with Crippen molar-refractivity contribution in [2.45, 2.75) is 83.6 Å². The highest BCUT2D eigenvalue weighted by molar-refractivity contribution is 7.86. The Labute approximate surface area is 192 Å². The van der Waals surface area contributed by atoms with Gasteiger partial charge in [-0.1, -0.05) is 44.0 Å². The van der Waals surface area contributed by atoms with Crippen LogP contribution < -0.4 is 0 Å². The molecule has 3 unspecified atom stereocenters. The summed E-state index contributed by atoms with van der Waals surface area (Å²) in [4.78, 5) is 12.4. The lowest BCUT2D eigenvalue weighted by molar-refractivity contribution is -0.119. The van der Waals surface area contributed by atoms with E-state index in [0.29, 0.717) is 35.9 Å². The number of fused-ring (bicyclic) bond motifs is 5. The molecule has 1 aromatic rings. The van der Waals surface area contributed by atoms with Gasteiger partial charge in [0, 0.05) is 6.42 Å². The van der Waals surface area contributed by atoms with E-state index < -0.39 is 10.1 Å². The van der Waals surface area contributed by atoms with Crippen LogP contribution in [0.25, 0.3) is 0 Å². The summed E-state index contributed by atoms with van der Waals surface area (Å²) in [6.45, 7) is 8.97. The summed E-state index contributed by atoms with van der Waals surface area (Å²) in [5, 5.41) is 0. The molecule has 0 aliphatic heterocycles. The Hall–Kier alpha value is -1.46. The minimum absolute atomic E-state index is 0.116. The maximum Gasteiger partial charge on any atom is 0.297 e. The molecule has 3 fully saturated rings. The van der Waals surface area contributed by atoms with Crippen LogP contribution in [0, 0.1) is 41.4 Å². The van der Waals surface area contributed by atoms with Crippen LogP contribution in [0.4, 0.5) is 0 Å². The third kappa shape index (κ3) is 3.34. The van der Waals surface area contributed by atoms with Gasteiger partial charge in [0.15, 0.2) is 5.78 Å². The molecule has 1 aromatic carbocycles. The van der Waals surface area contributed by atoms with Gasteiger partial charge in [0.25, 0.3) is 10.1 Å². The fourth-order valence-corrected chi connectivity index (χ4v) is 9.13. The molecule has 0 bridgehead atoms. The van der Waals surface area contributed by atoms with E-state index in [4.69, 9.17) is 4.18 Å². The van der Waals surface area contributed by atoms with Gasteiger partial charge in [0.2, 0.25) is 0 Å². The summed E-state index contributed by atoms with van der Waals surface area (Å²) in [7, 11) is -3.78. The van der Waals surface area contributed by atoms with E-state index in [1.807, 2.05) is 25.1 Å². The fraction of sp³-hybridized carbons (Fsp3) is 0.667. The quantitative estimate of drug-likeness (QED) is 0.536. The molecule has 32 heavy (non-hydrogen) atoms. The largest absolute Gasteiger partial charge is 0.297 e. The maximum atomic E-state index is 13.1. The number of hydrogen-bond acceptors (Lipinski definition) is 4. The Bertz CT molecular complexity index is 1060. The molecule has 4 nitrogen and oxygen atoms in total. The van der Waals surface area contributed by atoms with Gasteiger partial charge in [-0.05, 0) is 98.2 Å². The Morgan fingerprint density at radius 1 is 1.00 bits per heavy atom. The number of aryl methyl sites for hydroxylation is 1. The standard InChI is InChI=1S/C27H36O4S/c1-17-5-7-21(8-6-17)32(29,30)31-24-10-9-22-25-18(2)15-19-16-20(28)11-13-26(19,3)23(25)12-14-27(22,24)4/h5-8,16,18,22-25H,9-15H2,1-4H3/t18-,22?,23?,24+,25?,26+,27+/m1/s1. The van der Waals surface area contributed by atoms with Crippen LogP contribution in [0.3, 0.4) is 0 Å². The van der Waals surface area contributed by atoms with Gasteiger partial charge in [-0.2, -0.15) is 8.42 Å². The molecule has 4 aliphatic carbocycles. The van der Waals surface area contributed by atoms with E-state index in [0.717, 1.165) is 44.1 Å². The molecule has 5 heteroatoms. The van der Waals surface area contributed by atoms with Crippen LogP contribution in [-0.4, -0.2) is 20.3 Å². The Balaban J connectivity index is 1.42. The summed E-state index contributed by atoms with van der Waals surface area (Å²) < 4.78 is 32.1. The van der Waals surface area contributed by atoms with Gasteiger partial charge in [-0.25, -0.2) is 0 Å². The number of hydrogen-bond donors (Lipinski definition) is 0. The van der Waals surface area contributed by atoms with Gasteiger partial charge in [-0.15, -0.1) is 0 Å². The van der Waals surface area contributed by atoms with Crippen molar-refractivity contribution < 1.29 is 17.4 Å². The smallest absolute Gasteiger partial charge is 0.295 e. The summed E-state index contributed by atoms with van der Waals surface area (Å²) in [5.74, 6) is 2.43. The number of ketones is 1. The van der Waals surface area contributed by atoms with Crippen molar-refractivity contribution in [1.29, 1.82) is 0 Å². The predicted octanol–water partition coefficient (Wildman–Crippen LogP) is 5.85. The van der Waals surface area contributed by atoms with Crippen molar-refractivity contribution >= 4 is 15.9 Å². The lowest BCUT2D eigenvalue weighted by atomic mass is 9.45. The Morgan fingerprint density at radius 2 is 1.72 bits per heavy atom. The van der Waals surface area contributed by atoms with Gasteiger partial charge < -0.3 is 0 Å². The second-order valence-corrected chi connectivity index (χ2v) is 13.1. The number of rotatable bonds is 3. The highest BCUT2D eigenvalue weighted by Crippen LogP contribution is 2.67. The molecule has 0 amide bonds. The fourth-order valence-electron chi connectivity index (χ4n) is 7.93. The van der Waals surface area contributed by atoms with Crippen LogP contribution in [-0.2, 0) is 19.1 Å². The van der Waals surface area contributed by atoms with Crippen molar-refractivity contribution in [1.82, 2.24) is 0 Å². The van der Waals surface area contributed by atoms with Gasteiger partial charge in [-0.3, -0.25) is 8.98 Å². The van der Waals surface area contributed by atoms with Crippen molar-refractivity contribution in [3.63, 3.8) is 0 Å². The normalized spacial score (nSPS) is 41.4. The molecule has 0 N–H and O–H groups in total. The molecular formula is C27H36O4S. The van der Waals surface area contributed by atoms with E-state index in [-0.39, 0.29) is 21.8 Å². The zero-order valence-corrected chi connectivity index (χ0v) is 20.6. The second kappa shape index (κ2) is 7.53. The number of carbonyl (C=O) groups is 1. The molecule has 0 aromatic heterocycles. The van der Waals surface area contributed by atoms with Crippen molar-refractivity contribution in [3.05, 3.63) is 41.5 Å². The monoisotopic (exact) mass is 456 g/mol. The van der Waals surface area contributed by atoms with Crippen LogP contribution >= 0.6 is 0 Å². The van der Waals surface area contributed by atoms with Crippen molar-refractivity contribution in [2.75, 3.05) is 0 Å². The second-order valence-electron chi connectivity index (χ2n) is 11.5. The Morgan fingerprint density at radius 3 is 2.44 bits per heavy atom. The average molecular weight is 457 g/mol. The van der Waals surface area contributed by atoms with E-state index >= 15 is 0 Å². The number of allylic oxidation sites excluding steroid dienone is 1. The van der Waals surface area contributed by atoms with Gasteiger partial charge in [0.05, 0.1) is 11.0 Å². The molecular weight excluding hydrogens is 420 g/mol. The first-order chi connectivity index (χ1) is 15.0. The van der Waals surface area contributed by atoms with Crippen LogP contribution in [0.2, 0.25) is 0 Å². The summed E-state index contributed by atoms with van der Waals surface area (Å²) in [6.07, 6.45) is 8.26. The van der Waals surface area contributed by atoms with E-state index in [1.165, 1.54) is 5.57 Å². The van der Waals surface area contributed by atoms with Crippen LogP contribution in [0.15, 0.2) is 40.8 Å². The molecule has 174 valence electrons. The lowest BCUT2D eigenvalue weighted by Gasteiger charge is -2.60. The highest BCUT2D eigenvalue weighted by Gasteiger charge is 2.61. The van der Waals surface area contributed by atoms with Gasteiger partial charge in [0.1, 0.15) is 0 Å². The van der Waals surface area contributed by atoms with Crippen LogP contribution in [0.1, 0.15) is 71.3 Å². The Kier molecular flexibility index (Phi) is 5.25. The lowest BCUT2D eigenvalue weighted by Crippen LogP contribution is -2.54. The minimum Gasteiger partial charge on any atom is -0.295 e.